The van der Waals surface area contributed by atoms with Gasteiger partial charge >= 0.3 is 0 Å². The van der Waals surface area contributed by atoms with Crippen molar-refractivity contribution < 1.29 is 23.4 Å². The predicted octanol–water partition coefficient (Wildman–Crippen LogP) is 5.48. The number of H-pyrrole nitrogens is 1. The monoisotopic (exact) mass is 601 g/mol. The van der Waals surface area contributed by atoms with Crippen LogP contribution in [-0.2, 0) is 5.41 Å². The van der Waals surface area contributed by atoms with E-state index in [1.807, 2.05) is 41.3 Å². The number of hydrogen-bond acceptors (Lipinski definition) is 7. The summed E-state index contributed by atoms with van der Waals surface area (Å²) in [5.41, 5.74) is 3.28. The zero-order chi connectivity index (χ0) is 30.7. The number of carbonyl (C=O) groups is 1. The topological polar surface area (TPSA) is 92.0 Å². The van der Waals surface area contributed by atoms with E-state index in [1.165, 1.54) is 12.1 Å². The van der Waals surface area contributed by atoms with Gasteiger partial charge in [-0.3, -0.25) is 4.79 Å². The summed E-state index contributed by atoms with van der Waals surface area (Å²) in [5.74, 6) is 1.81. The lowest BCUT2D eigenvalue weighted by Crippen LogP contribution is -2.42. The van der Waals surface area contributed by atoms with Crippen LogP contribution in [0.5, 0.6) is 17.2 Å². The van der Waals surface area contributed by atoms with Crippen molar-refractivity contribution >= 4 is 22.9 Å². The second kappa shape index (κ2) is 12.7. The standard InChI is InChI=1S/C34H40FN5O4/c1-42-29-20-23(21-30(43-2)31(29)44-3)32(41)40-19-15-34(22-40,24-8-10-25(35)11-9-24)14-18-39-16-12-26(13-17-39)36-33-37-27-6-4-5-7-28(27)38-33/h4-11,20-21,26H,12-19,22H2,1-3H3,(H2,36,37,38). The number of amides is 1. The van der Waals surface area contributed by atoms with E-state index in [-0.39, 0.29) is 17.1 Å². The van der Waals surface area contributed by atoms with Gasteiger partial charge in [0.25, 0.3) is 5.91 Å². The van der Waals surface area contributed by atoms with Gasteiger partial charge in [-0.2, -0.15) is 0 Å². The van der Waals surface area contributed by atoms with Crippen LogP contribution in [0.4, 0.5) is 10.3 Å². The molecule has 2 N–H and O–H groups in total. The molecular weight excluding hydrogens is 561 g/mol. The smallest absolute Gasteiger partial charge is 0.254 e. The first-order valence-electron chi connectivity index (χ1n) is 15.2. The number of para-hydroxylation sites is 2. The average Bonchev–Trinajstić information content (AvgIpc) is 3.68. The molecule has 2 fully saturated rings. The number of ether oxygens (including phenoxy) is 3. The summed E-state index contributed by atoms with van der Waals surface area (Å²) in [6.45, 7) is 4.02. The fourth-order valence-corrected chi connectivity index (χ4v) is 6.71. The maximum Gasteiger partial charge on any atom is 0.254 e. The Morgan fingerprint density at radius 3 is 2.36 bits per heavy atom. The van der Waals surface area contributed by atoms with Crippen LogP contribution in [0.25, 0.3) is 11.0 Å². The summed E-state index contributed by atoms with van der Waals surface area (Å²) in [6.07, 6.45) is 3.72. The van der Waals surface area contributed by atoms with Crippen LogP contribution >= 0.6 is 0 Å². The molecule has 2 saturated heterocycles. The number of halogens is 1. The van der Waals surface area contributed by atoms with E-state index in [2.05, 4.69) is 20.2 Å². The number of hydrogen-bond donors (Lipinski definition) is 2. The summed E-state index contributed by atoms with van der Waals surface area (Å²) in [5, 5.41) is 3.59. The predicted molar refractivity (Wildman–Crippen MR) is 168 cm³/mol. The highest BCUT2D eigenvalue weighted by atomic mass is 19.1. The lowest BCUT2D eigenvalue weighted by Gasteiger charge is -2.36. The molecule has 0 bridgehead atoms. The maximum absolute atomic E-state index is 13.9. The van der Waals surface area contributed by atoms with E-state index in [0.29, 0.717) is 41.9 Å². The van der Waals surface area contributed by atoms with Crippen molar-refractivity contribution in [3.8, 4) is 17.2 Å². The molecule has 10 heteroatoms. The fraction of sp³-hybridized carbons (Fsp3) is 0.412. The third-order valence-electron chi connectivity index (χ3n) is 9.23. The summed E-state index contributed by atoms with van der Waals surface area (Å²) in [6, 6.07) is 18.6. The lowest BCUT2D eigenvalue weighted by atomic mass is 9.76. The number of methoxy groups -OCH3 is 3. The van der Waals surface area contributed by atoms with Gasteiger partial charge in [-0.25, -0.2) is 9.37 Å². The van der Waals surface area contributed by atoms with Gasteiger partial charge in [-0.05, 0) is 74.2 Å². The van der Waals surface area contributed by atoms with Crippen LogP contribution in [0.3, 0.4) is 0 Å². The Bertz CT molecular complexity index is 1540. The van der Waals surface area contributed by atoms with E-state index in [1.54, 1.807) is 33.5 Å². The molecule has 1 unspecified atom stereocenters. The number of benzene rings is 3. The molecule has 44 heavy (non-hydrogen) atoms. The Balaban J connectivity index is 1.13. The van der Waals surface area contributed by atoms with Gasteiger partial charge in [0.15, 0.2) is 11.5 Å². The van der Waals surface area contributed by atoms with E-state index < -0.39 is 0 Å². The van der Waals surface area contributed by atoms with Gasteiger partial charge in [-0.1, -0.05) is 24.3 Å². The molecule has 3 aromatic carbocycles. The average molecular weight is 602 g/mol. The molecule has 9 nitrogen and oxygen atoms in total. The van der Waals surface area contributed by atoms with Crippen molar-refractivity contribution in [2.75, 3.05) is 59.4 Å². The second-order valence-corrected chi connectivity index (χ2v) is 11.8. The molecule has 0 spiro atoms. The first kappa shape index (κ1) is 29.7. The molecule has 0 aliphatic carbocycles. The number of imidazole rings is 1. The maximum atomic E-state index is 13.9. The van der Waals surface area contributed by atoms with Crippen LogP contribution in [-0.4, -0.2) is 85.8 Å². The Morgan fingerprint density at radius 2 is 1.70 bits per heavy atom. The molecule has 2 aliphatic rings. The van der Waals surface area contributed by atoms with Gasteiger partial charge in [0.1, 0.15) is 5.82 Å². The number of aromatic nitrogens is 2. The van der Waals surface area contributed by atoms with Crippen LogP contribution in [0.2, 0.25) is 0 Å². The van der Waals surface area contributed by atoms with Crippen LogP contribution in [0.15, 0.2) is 60.7 Å². The van der Waals surface area contributed by atoms with Crippen LogP contribution in [0.1, 0.15) is 41.6 Å². The van der Waals surface area contributed by atoms with Crippen LogP contribution < -0.4 is 19.5 Å². The Morgan fingerprint density at radius 1 is 1.00 bits per heavy atom. The van der Waals surface area contributed by atoms with Crippen LogP contribution in [0, 0.1) is 5.82 Å². The van der Waals surface area contributed by atoms with Gasteiger partial charge in [-0.15, -0.1) is 0 Å². The van der Waals surface area contributed by atoms with Gasteiger partial charge in [0, 0.05) is 43.2 Å². The minimum absolute atomic E-state index is 0.0919. The summed E-state index contributed by atoms with van der Waals surface area (Å²) in [4.78, 5) is 26.2. The van der Waals surface area contributed by atoms with Crippen molar-refractivity contribution in [1.82, 2.24) is 19.8 Å². The Labute approximate surface area is 257 Å². The first-order valence-corrected chi connectivity index (χ1v) is 15.2. The quantitative estimate of drug-likeness (QED) is 0.249. The molecule has 0 radical (unpaired) electrons. The van der Waals surface area contributed by atoms with E-state index in [4.69, 9.17) is 14.2 Å². The number of rotatable bonds is 10. The van der Waals surface area contributed by atoms with Crippen molar-refractivity contribution in [3.63, 3.8) is 0 Å². The molecular formula is C34H40FN5O4. The number of piperidine rings is 1. The van der Waals surface area contributed by atoms with Gasteiger partial charge < -0.3 is 34.3 Å². The summed E-state index contributed by atoms with van der Waals surface area (Å²) < 4.78 is 30.4. The third kappa shape index (κ3) is 6.04. The largest absolute Gasteiger partial charge is 0.493 e. The highest BCUT2D eigenvalue weighted by Crippen LogP contribution is 2.41. The van der Waals surface area contributed by atoms with E-state index in [9.17, 15) is 9.18 Å². The second-order valence-electron chi connectivity index (χ2n) is 11.8. The van der Waals surface area contributed by atoms with Gasteiger partial charge in [0.2, 0.25) is 11.7 Å². The summed E-state index contributed by atoms with van der Waals surface area (Å²) in [7, 11) is 4.62. The zero-order valence-corrected chi connectivity index (χ0v) is 25.6. The molecule has 6 rings (SSSR count). The number of fused-ring (bicyclic) bond motifs is 1. The molecule has 3 heterocycles. The minimum atomic E-state index is -0.270. The Hall–Kier alpha value is -4.31. The highest BCUT2D eigenvalue weighted by Gasteiger charge is 2.42. The van der Waals surface area contributed by atoms with Crippen molar-refractivity contribution in [1.29, 1.82) is 0 Å². The van der Waals surface area contributed by atoms with Gasteiger partial charge in [0.05, 0.1) is 32.4 Å². The number of nitrogens with zero attached hydrogens (tertiary/aromatic N) is 3. The molecule has 0 saturated carbocycles. The first-order chi connectivity index (χ1) is 21.4. The normalized spacial score (nSPS) is 19.3. The number of carbonyl (C=O) groups excluding carboxylic acids is 1. The SMILES string of the molecule is COc1cc(C(=O)N2CCC(CCN3CCC(Nc4nc5ccccc5[nH]4)CC3)(c3ccc(F)cc3)C2)cc(OC)c1OC. The molecule has 1 aromatic heterocycles. The van der Waals surface area contributed by atoms with E-state index >= 15 is 0 Å². The molecule has 232 valence electrons. The van der Waals surface area contributed by atoms with E-state index in [0.717, 1.165) is 67.9 Å². The third-order valence-corrected chi connectivity index (χ3v) is 9.23. The molecule has 2 aliphatic heterocycles. The van der Waals surface area contributed by atoms with Crippen molar-refractivity contribution in [2.45, 2.75) is 37.1 Å². The number of likely N-dealkylation sites (tertiary alicyclic amines) is 2. The molecule has 1 atom stereocenters. The number of aromatic amines is 1. The minimum Gasteiger partial charge on any atom is -0.493 e. The Kier molecular flexibility index (Phi) is 8.61. The van der Waals surface area contributed by atoms with Crippen molar-refractivity contribution in [2.24, 2.45) is 0 Å². The zero-order valence-electron chi connectivity index (χ0n) is 25.6. The fourth-order valence-electron chi connectivity index (χ4n) is 6.71. The summed E-state index contributed by atoms with van der Waals surface area (Å²) >= 11 is 0. The lowest BCUT2D eigenvalue weighted by molar-refractivity contribution is 0.0779. The molecule has 4 aromatic rings. The van der Waals surface area contributed by atoms with Crippen molar-refractivity contribution in [3.05, 3.63) is 77.6 Å². The number of anilines is 1. The number of nitrogens with one attached hydrogen (secondary N) is 2. The molecule has 1 amide bonds. The highest BCUT2D eigenvalue weighted by molar-refractivity contribution is 5.96.